The van der Waals surface area contributed by atoms with Crippen molar-refractivity contribution in [2.75, 3.05) is 19.7 Å². The monoisotopic (exact) mass is 141 g/mol. The van der Waals surface area contributed by atoms with Crippen LogP contribution in [0.2, 0.25) is 0 Å². The van der Waals surface area contributed by atoms with Crippen LogP contribution >= 0.6 is 0 Å². The van der Waals surface area contributed by atoms with Gasteiger partial charge in [-0.25, -0.2) is 0 Å². The lowest BCUT2D eigenvalue weighted by Crippen LogP contribution is -2.16. The van der Waals surface area contributed by atoms with E-state index in [-0.39, 0.29) is 6.61 Å². The fourth-order valence-corrected chi connectivity index (χ4v) is 0.647. The van der Waals surface area contributed by atoms with E-state index in [2.05, 4.69) is 11.2 Å². The van der Waals surface area contributed by atoms with Crippen LogP contribution in [0.1, 0.15) is 19.3 Å². The van der Waals surface area contributed by atoms with E-state index in [0.717, 1.165) is 32.4 Å². The Labute approximate surface area is 62.6 Å². The molecule has 0 bridgehead atoms. The van der Waals surface area contributed by atoms with Crippen molar-refractivity contribution in [3.8, 4) is 12.3 Å². The highest BCUT2D eigenvalue weighted by atomic mass is 16.2. The van der Waals surface area contributed by atoms with E-state index >= 15 is 0 Å². The molecule has 0 heterocycles. The zero-order chi connectivity index (χ0) is 7.66. The van der Waals surface area contributed by atoms with Gasteiger partial charge in [-0.2, -0.15) is 0 Å². The summed E-state index contributed by atoms with van der Waals surface area (Å²) in [5, 5.41) is 11.6. The van der Waals surface area contributed by atoms with E-state index in [1.54, 1.807) is 0 Å². The van der Waals surface area contributed by atoms with Gasteiger partial charge in [0.2, 0.25) is 0 Å². The van der Waals surface area contributed by atoms with Crippen LogP contribution in [0.5, 0.6) is 0 Å². The normalized spacial score (nSPS) is 9.20. The highest BCUT2D eigenvalue weighted by molar-refractivity contribution is 4.83. The Morgan fingerprint density at radius 3 is 2.70 bits per heavy atom. The minimum Gasteiger partial charge on any atom is -0.396 e. The van der Waals surface area contributed by atoms with Gasteiger partial charge in [0.25, 0.3) is 0 Å². The summed E-state index contributed by atoms with van der Waals surface area (Å²) < 4.78 is 0. The highest BCUT2D eigenvalue weighted by Gasteiger charge is 1.85. The topological polar surface area (TPSA) is 32.3 Å². The molecule has 0 rings (SSSR count). The summed E-state index contributed by atoms with van der Waals surface area (Å²) in [7, 11) is 0. The Morgan fingerprint density at radius 2 is 2.10 bits per heavy atom. The number of nitrogens with one attached hydrogen (secondary N) is 1. The largest absolute Gasteiger partial charge is 0.396 e. The van der Waals surface area contributed by atoms with Crippen LogP contribution in [0.25, 0.3) is 0 Å². The second kappa shape index (κ2) is 8.48. The van der Waals surface area contributed by atoms with Crippen LogP contribution in [0.15, 0.2) is 0 Å². The average Bonchev–Trinajstić information content (AvgIpc) is 1.97. The van der Waals surface area contributed by atoms with Gasteiger partial charge in [-0.15, -0.1) is 12.3 Å². The molecule has 0 aliphatic rings. The molecule has 2 N–H and O–H groups in total. The molecule has 0 aliphatic heterocycles. The van der Waals surface area contributed by atoms with E-state index in [4.69, 9.17) is 11.5 Å². The van der Waals surface area contributed by atoms with Crippen molar-refractivity contribution in [2.45, 2.75) is 19.3 Å². The molecule has 0 atom stereocenters. The third-order valence-electron chi connectivity index (χ3n) is 1.21. The second-order valence-corrected chi connectivity index (χ2v) is 2.13. The van der Waals surface area contributed by atoms with Gasteiger partial charge in [-0.3, -0.25) is 0 Å². The van der Waals surface area contributed by atoms with Crippen molar-refractivity contribution in [1.29, 1.82) is 0 Å². The lowest BCUT2D eigenvalue weighted by Gasteiger charge is -1.99. The maximum Gasteiger partial charge on any atom is 0.0431 e. The average molecular weight is 141 g/mol. The van der Waals surface area contributed by atoms with Gasteiger partial charge in [0.15, 0.2) is 0 Å². The second-order valence-electron chi connectivity index (χ2n) is 2.13. The van der Waals surface area contributed by atoms with Crippen molar-refractivity contribution in [3.63, 3.8) is 0 Å². The van der Waals surface area contributed by atoms with E-state index in [0.29, 0.717) is 0 Å². The lowest BCUT2D eigenvalue weighted by atomic mass is 10.3. The molecule has 58 valence electrons. The summed E-state index contributed by atoms with van der Waals surface area (Å²) in [5.41, 5.74) is 0. The number of hydrogen-bond acceptors (Lipinski definition) is 2. The molecule has 0 radical (unpaired) electrons. The van der Waals surface area contributed by atoms with Gasteiger partial charge in [0.05, 0.1) is 0 Å². The smallest absolute Gasteiger partial charge is 0.0431 e. The molecular weight excluding hydrogens is 126 g/mol. The van der Waals surface area contributed by atoms with E-state index in [1.165, 1.54) is 0 Å². The molecule has 2 nitrogen and oxygen atoms in total. The summed E-state index contributed by atoms with van der Waals surface area (Å²) in [6.45, 7) is 2.14. The summed E-state index contributed by atoms with van der Waals surface area (Å²) in [4.78, 5) is 0. The quantitative estimate of drug-likeness (QED) is 0.414. The molecule has 0 saturated heterocycles. The Kier molecular flexibility index (Phi) is 8.04. The zero-order valence-corrected chi connectivity index (χ0v) is 6.27. The summed E-state index contributed by atoms with van der Waals surface area (Å²) >= 11 is 0. The number of unbranched alkanes of at least 4 members (excludes halogenated alkanes) is 1. The molecule has 10 heavy (non-hydrogen) atoms. The molecule has 0 spiro atoms. The number of terminal acetylenes is 1. The minimum absolute atomic E-state index is 0.289. The predicted molar refractivity (Wildman–Crippen MR) is 42.6 cm³/mol. The van der Waals surface area contributed by atoms with Crippen LogP contribution in [-0.4, -0.2) is 24.8 Å². The minimum atomic E-state index is 0.289. The summed E-state index contributed by atoms with van der Waals surface area (Å²) in [6, 6.07) is 0. The van der Waals surface area contributed by atoms with Crippen molar-refractivity contribution in [1.82, 2.24) is 5.32 Å². The standard InChI is InChI=1S/C8H15NO/c1-2-3-6-9-7-4-5-8-10/h1,9-10H,3-8H2. The first-order chi connectivity index (χ1) is 4.91. The molecule has 0 unspecified atom stereocenters. The van der Waals surface area contributed by atoms with Crippen molar-refractivity contribution in [3.05, 3.63) is 0 Å². The summed E-state index contributed by atoms with van der Waals surface area (Å²) in [5.74, 6) is 2.55. The van der Waals surface area contributed by atoms with E-state index in [1.807, 2.05) is 0 Å². The van der Waals surface area contributed by atoms with Crippen molar-refractivity contribution in [2.24, 2.45) is 0 Å². The molecule has 0 aromatic rings. The highest BCUT2D eigenvalue weighted by Crippen LogP contribution is 1.83. The summed E-state index contributed by atoms with van der Waals surface area (Å²) in [6.07, 6.45) is 7.74. The first-order valence-electron chi connectivity index (χ1n) is 3.67. The number of hydrogen-bond donors (Lipinski definition) is 2. The van der Waals surface area contributed by atoms with Crippen LogP contribution in [0, 0.1) is 12.3 Å². The molecular formula is C8H15NO. The zero-order valence-electron chi connectivity index (χ0n) is 6.27. The molecule has 0 amide bonds. The third kappa shape index (κ3) is 7.48. The molecule has 0 aromatic heterocycles. The fourth-order valence-electron chi connectivity index (χ4n) is 0.647. The Morgan fingerprint density at radius 1 is 1.30 bits per heavy atom. The van der Waals surface area contributed by atoms with Crippen LogP contribution in [-0.2, 0) is 0 Å². The first-order valence-corrected chi connectivity index (χ1v) is 3.67. The molecule has 0 aliphatic carbocycles. The number of aliphatic hydroxyl groups excluding tert-OH is 1. The Balaban J connectivity index is 2.72. The van der Waals surface area contributed by atoms with Gasteiger partial charge in [-0.05, 0) is 19.4 Å². The van der Waals surface area contributed by atoms with Crippen LogP contribution < -0.4 is 5.32 Å². The van der Waals surface area contributed by atoms with Crippen LogP contribution in [0.3, 0.4) is 0 Å². The maximum absolute atomic E-state index is 8.41. The first kappa shape index (κ1) is 9.48. The van der Waals surface area contributed by atoms with Gasteiger partial charge in [-0.1, -0.05) is 0 Å². The molecule has 0 aromatic carbocycles. The Bertz CT molecular complexity index is 95.9. The SMILES string of the molecule is C#CCCNCCCCO. The molecule has 0 fully saturated rings. The lowest BCUT2D eigenvalue weighted by molar-refractivity contribution is 0.284. The maximum atomic E-state index is 8.41. The predicted octanol–water partition coefficient (Wildman–Crippen LogP) is 0.372. The van der Waals surface area contributed by atoms with E-state index < -0.39 is 0 Å². The van der Waals surface area contributed by atoms with Gasteiger partial charge < -0.3 is 10.4 Å². The van der Waals surface area contributed by atoms with E-state index in [9.17, 15) is 0 Å². The molecule has 2 heteroatoms. The van der Waals surface area contributed by atoms with Gasteiger partial charge in [0, 0.05) is 19.6 Å². The number of rotatable bonds is 6. The van der Waals surface area contributed by atoms with Crippen LogP contribution in [0.4, 0.5) is 0 Å². The number of aliphatic hydroxyl groups is 1. The van der Waals surface area contributed by atoms with Crippen molar-refractivity contribution < 1.29 is 5.11 Å². The van der Waals surface area contributed by atoms with Gasteiger partial charge in [0.1, 0.15) is 0 Å². The van der Waals surface area contributed by atoms with Gasteiger partial charge >= 0.3 is 0 Å². The Hall–Kier alpha value is -0.520. The molecule has 0 saturated carbocycles. The third-order valence-corrected chi connectivity index (χ3v) is 1.21. The fraction of sp³-hybridized carbons (Fsp3) is 0.750. The van der Waals surface area contributed by atoms with Crippen molar-refractivity contribution >= 4 is 0 Å².